The first-order valence-corrected chi connectivity index (χ1v) is 7.64. The molecule has 1 N–H and O–H groups in total. The Balaban J connectivity index is 2.19. The van der Waals surface area contributed by atoms with E-state index in [9.17, 15) is 13.9 Å². The summed E-state index contributed by atoms with van der Waals surface area (Å²) in [6, 6.07) is 3.42. The maximum Gasteiger partial charge on any atom is 0.126 e. The van der Waals surface area contributed by atoms with Gasteiger partial charge in [0.15, 0.2) is 0 Å². The van der Waals surface area contributed by atoms with E-state index >= 15 is 0 Å². The van der Waals surface area contributed by atoms with E-state index in [4.69, 9.17) is 0 Å². The zero-order valence-corrected chi connectivity index (χ0v) is 13.1. The Morgan fingerprint density at radius 2 is 1.90 bits per heavy atom. The molecule has 118 valence electrons. The van der Waals surface area contributed by atoms with Crippen LogP contribution in [0.1, 0.15) is 38.2 Å². The fourth-order valence-electron chi connectivity index (χ4n) is 3.44. The van der Waals surface area contributed by atoms with Crippen molar-refractivity contribution in [2.75, 3.05) is 14.1 Å². The van der Waals surface area contributed by atoms with Gasteiger partial charge in [0.1, 0.15) is 11.6 Å². The largest absolute Gasteiger partial charge is 0.391 e. The third-order valence-corrected chi connectivity index (χ3v) is 5.07. The molecule has 1 aliphatic rings. The van der Waals surface area contributed by atoms with Crippen molar-refractivity contribution in [3.05, 3.63) is 35.4 Å². The Labute approximate surface area is 125 Å². The molecule has 1 aromatic carbocycles. The minimum Gasteiger partial charge on any atom is -0.391 e. The Bertz CT molecular complexity index is 482. The molecule has 1 aliphatic carbocycles. The molecule has 0 aliphatic heterocycles. The highest BCUT2D eigenvalue weighted by molar-refractivity contribution is 5.20. The van der Waals surface area contributed by atoms with Crippen molar-refractivity contribution in [2.24, 2.45) is 5.92 Å². The number of aliphatic hydroxyl groups excluding tert-OH is 1. The highest BCUT2D eigenvalue weighted by atomic mass is 19.1. The lowest BCUT2D eigenvalue weighted by molar-refractivity contribution is -0.0385. The summed E-state index contributed by atoms with van der Waals surface area (Å²) in [7, 11) is 3.92. The lowest BCUT2D eigenvalue weighted by Crippen LogP contribution is -2.56. The van der Waals surface area contributed by atoms with Crippen molar-refractivity contribution < 1.29 is 13.9 Å². The normalized spacial score (nSPS) is 27.9. The van der Waals surface area contributed by atoms with Gasteiger partial charge in [0.05, 0.1) is 6.10 Å². The van der Waals surface area contributed by atoms with Gasteiger partial charge < -0.3 is 10.0 Å². The van der Waals surface area contributed by atoms with E-state index in [1.807, 2.05) is 14.1 Å². The molecule has 2 rings (SSSR count). The Morgan fingerprint density at radius 1 is 1.29 bits per heavy atom. The molecule has 0 spiro atoms. The minimum absolute atomic E-state index is 0.149. The number of hydrogen-bond donors (Lipinski definition) is 1. The fourth-order valence-corrected chi connectivity index (χ4v) is 3.44. The summed E-state index contributed by atoms with van der Waals surface area (Å²) in [6.07, 6.45) is 3.34. The first kappa shape index (κ1) is 16.4. The molecule has 1 fully saturated rings. The molecule has 0 amide bonds. The summed E-state index contributed by atoms with van der Waals surface area (Å²) in [6.45, 7) is 2.22. The lowest BCUT2D eigenvalue weighted by atomic mass is 9.72. The van der Waals surface area contributed by atoms with Gasteiger partial charge in [-0.15, -0.1) is 0 Å². The number of benzene rings is 1. The van der Waals surface area contributed by atoms with Gasteiger partial charge in [-0.25, -0.2) is 8.78 Å². The third kappa shape index (κ3) is 3.43. The number of halogens is 2. The van der Waals surface area contributed by atoms with E-state index in [0.29, 0.717) is 5.92 Å². The van der Waals surface area contributed by atoms with E-state index in [0.717, 1.165) is 37.8 Å². The van der Waals surface area contributed by atoms with Crippen LogP contribution in [0.5, 0.6) is 0 Å². The average molecular weight is 297 g/mol. The Morgan fingerprint density at radius 3 is 2.48 bits per heavy atom. The fraction of sp³-hybridized carbons (Fsp3) is 0.647. The maximum absolute atomic E-state index is 13.8. The smallest absolute Gasteiger partial charge is 0.126 e. The zero-order valence-electron chi connectivity index (χ0n) is 13.1. The molecule has 0 bridgehead atoms. The molecule has 0 aromatic heterocycles. The van der Waals surface area contributed by atoms with Crippen molar-refractivity contribution >= 4 is 0 Å². The van der Waals surface area contributed by atoms with Crippen LogP contribution in [0.3, 0.4) is 0 Å². The second kappa shape index (κ2) is 6.41. The predicted octanol–water partition coefficient (Wildman–Crippen LogP) is 3.38. The van der Waals surface area contributed by atoms with Gasteiger partial charge in [-0.05, 0) is 69.5 Å². The van der Waals surface area contributed by atoms with Gasteiger partial charge in [0, 0.05) is 12.0 Å². The Kier molecular flexibility index (Phi) is 4.99. The minimum atomic E-state index is -0.698. The summed E-state index contributed by atoms with van der Waals surface area (Å²) < 4.78 is 27.1. The van der Waals surface area contributed by atoms with Crippen LogP contribution in [-0.2, 0) is 6.42 Å². The van der Waals surface area contributed by atoms with Crippen LogP contribution >= 0.6 is 0 Å². The van der Waals surface area contributed by atoms with Crippen LogP contribution in [0.2, 0.25) is 0 Å². The molecule has 0 saturated heterocycles. The van der Waals surface area contributed by atoms with Crippen LogP contribution in [-0.4, -0.2) is 35.7 Å². The molecule has 1 atom stereocenters. The highest BCUT2D eigenvalue weighted by Crippen LogP contribution is 2.38. The molecular formula is C17H25F2NO. The van der Waals surface area contributed by atoms with Crippen LogP contribution in [0.4, 0.5) is 8.78 Å². The van der Waals surface area contributed by atoms with Gasteiger partial charge in [-0.2, -0.15) is 0 Å². The average Bonchev–Trinajstić information content (AvgIpc) is 2.43. The van der Waals surface area contributed by atoms with Crippen molar-refractivity contribution in [3.63, 3.8) is 0 Å². The summed E-state index contributed by atoms with van der Waals surface area (Å²) in [5.74, 6) is -0.250. The van der Waals surface area contributed by atoms with Crippen molar-refractivity contribution in [3.8, 4) is 0 Å². The molecule has 4 heteroatoms. The number of nitrogens with zero attached hydrogens (tertiary/aromatic N) is 1. The molecule has 1 saturated carbocycles. The summed E-state index contributed by atoms with van der Waals surface area (Å²) >= 11 is 0. The van der Waals surface area contributed by atoms with E-state index in [1.54, 1.807) is 0 Å². The van der Waals surface area contributed by atoms with Gasteiger partial charge >= 0.3 is 0 Å². The number of rotatable bonds is 4. The topological polar surface area (TPSA) is 23.5 Å². The van der Waals surface area contributed by atoms with E-state index < -0.39 is 17.7 Å². The SMILES string of the molecule is CC1CCC(C(O)Cc2cc(F)ccc2F)(N(C)C)CC1. The van der Waals surface area contributed by atoms with Crippen molar-refractivity contribution in [1.29, 1.82) is 0 Å². The number of hydrogen-bond acceptors (Lipinski definition) is 2. The Hall–Kier alpha value is -1.00. The second-order valence-corrected chi connectivity index (χ2v) is 6.64. The molecule has 2 nitrogen and oxygen atoms in total. The van der Waals surface area contributed by atoms with Crippen LogP contribution in [0.25, 0.3) is 0 Å². The molecule has 21 heavy (non-hydrogen) atoms. The van der Waals surface area contributed by atoms with E-state index in [2.05, 4.69) is 11.8 Å². The van der Waals surface area contributed by atoms with Gasteiger partial charge in [-0.1, -0.05) is 6.92 Å². The predicted molar refractivity (Wildman–Crippen MR) is 80.1 cm³/mol. The van der Waals surface area contributed by atoms with Crippen LogP contribution < -0.4 is 0 Å². The third-order valence-electron chi connectivity index (χ3n) is 5.07. The first-order valence-electron chi connectivity index (χ1n) is 7.64. The van der Waals surface area contributed by atoms with E-state index in [1.165, 1.54) is 6.07 Å². The lowest BCUT2D eigenvalue weighted by Gasteiger charge is -2.47. The summed E-state index contributed by atoms with van der Waals surface area (Å²) in [5, 5.41) is 10.7. The number of likely N-dealkylation sites (N-methyl/N-ethyl adjacent to an activating group) is 1. The summed E-state index contributed by atoms with van der Waals surface area (Å²) in [5.41, 5.74) is -0.0898. The number of aliphatic hydroxyl groups is 1. The van der Waals surface area contributed by atoms with Crippen LogP contribution in [0, 0.1) is 17.6 Å². The van der Waals surface area contributed by atoms with Crippen molar-refractivity contribution in [1.82, 2.24) is 4.90 Å². The quantitative estimate of drug-likeness (QED) is 0.921. The standard InChI is InChI=1S/C17H25F2NO/c1-12-6-8-17(9-7-12,20(2)3)16(21)11-13-10-14(18)4-5-15(13)19/h4-5,10,12,16,21H,6-9,11H2,1-3H3. The molecule has 1 unspecified atom stereocenters. The van der Waals surface area contributed by atoms with Crippen molar-refractivity contribution in [2.45, 2.75) is 50.7 Å². The maximum atomic E-state index is 13.8. The molecule has 0 heterocycles. The summed E-state index contributed by atoms with van der Waals surface area (Å²) in [4.78, 5) is 2.06. The monoisotopic (exact) mass is 297 g/mol. The molecule has 1 aromatic rings. The zero-order chi connectivity index (χ0) is 15.6. The highest BCUT2D eigenvalue weighted by Gasteiger charge is 2.42. The first-order chi connectivity index (χ1) is 9.85. The van der Waals surface area contributed by atoms with Gasteiger partial charge in [0.2, 0.25) is 0 Å². The van der Waals surface area contributed by atoms with Gasteiger partial charge in [-0.3, -0.25) is 0 Å². The molecule has 0 radical (unpaired) electrons. The van der Waals surface area contributed by atoms with E-state index in [-0.39, 0.29) is 17.5 Å². The second-order valence-electron chi connectivity index (χ2n) is 6.64. The van der Waals surface area contributed by atoms with Crippen LogP contribution in [0.15, 0.2) is 18.2 Å². The van der Waals surface area contributed by atoms with Gasteiger partial charge in [0.25, 0.3) is 0 Å². The molecular weight excluding hydrogens is 272 g/mol.